The lowest BCUT2D eigenvalue weighted by Crippen LogP contribution is -1.99. The Labute approximate surface area is 144 Å². The van der Waals surface area contributed by atoms with E-state index in [-0.39, 0.29) is 0 Å². The molecule has 0 saturated heterocycles. The van der Waals surface area contributed by atoms with Gasteiger partial charge in [-0.15, -0.1) is 5.10 Å². The van der Waals surface area contributed by atoms with Crippen molar-refractivity contribution in [2.24, 2.45) is 0 Å². The van der Waals surface area contributed by atoms with Crippen molar-refractivity contribution in [1.29, 1.82) is 0 Å². The highest BCUT2D eigenvalue weighted by molar-refractivity contribution is 5.87. The molecule has 5 aromatic rings. The molecule has 0 radical (unpaired) electrons. The number of hydrogen-bond acceptors (Lipinski definition) is 3. The van der Waals surface area contributed by atoms with E-state index in [1.807, 2.05) is 30.3 Å². The Hall–Kier alpha value is -3.53. The second-order valence-electron chi connectivity index (χ2n) is 6.01. The first-order chi connectivity index (χ1) is 12.4. The van der Waals surface area contributed by atoms with Crippen LogP contribution < -0.4 is 0 Å². The van der Waals surface area contributed by atoms with Crippen LogP contribution in [0.5, 0.6) is 0 Å². The summed E-state index contributed by atoms with van der Waals surface area (Å²) in [5, 5.41) is 17.1. The number of aromatic nitrogens is 4. The van der Waals surface area contributed by atoms with E-state index in [0.717, 1.165) is 17.1 Å². The third kappa shape index (κ3) is 2.35. The maximum atomic E-state index is 4.25. The lowest BCUT2D eigenvalue weighted by molar-refractivity contribution is 0.792. The van der Waals surface area contributed by atoms with E-state index < -0.39 is 0 Å². The van der Waals surface area contributed by atoms with Gasteiger partial charge in [0.1, 0.15) is 0 Å². The maximum absolute atomic E-state index is 4.25. The molecular formula is C21H14N4. The molecule has 0 unspecified atom stereocenters. The molecule has 0 aliphatic rings. The van der Waals surface area contributed by atoms with Gasteiger partial charge in [-0.25, -0.2) is 0 Å². The van der Waals surface area contributed by atoms with Gasteiger partial charge < -0.3 is 0 Å². The van der Waals surface area contributed by atoms with E-state index in [4.69, 9.17) is 0 Å². The van der Waals surface area contributed by atoms with Gasteiger partial charge in [0.15, 0.2) is 5.82 Å². The lowest BCUT2D eigenvalue weighted by atomic mass is 10.1. The minimum atomic E-state index is 0.737. The second-order valence-corrected chi connectivity index (χ2v) is 6.01. The fraction of sp³-hybridized carbons (Fsp3) is 0. The quantitative estimate of drug-likeness (QED) is 0.476. The molecule has 0 N–H and O–H groups in total. The number of tetrazole rings is 1. The number of nitrogens with zero attached hydrogens (tertiary/aromatic N) is 4. The van der Waals surface area contributed by atoms with E-state index in [1.165, 1.54) is 21.5 Å². The van der Waals surface area contributed by atoms with Crippen LogP contribution in [0.2, 0.25) is 0 Å². The van der Waals surface area contributed by atoms with E-state index in [0.29, 0.717) is 0 Å². The van der Waals surface area contributed by atoms with Crippen molar-refractivity contribution in [2.75, 3.05) is 0 Å². The van der Waals surface area contributed by atoms with Crippen molar-refractivity contribution >= 4 is 21.5 Å². The van der Waals surface area contributed by atoms with Gasteiger partial charge in [0, 0.05) is 5.56 Å². The fourth-order valence-electron chi connectivity index (χ4n) is 3.18. The molecule has 25 heavy (non-hydrogen) atoms. The monoisotopic (exact) mass is 322 g/mol. The molecule has 0 saturated carbocycles. The van der Waals surface area contributed by atoms with Gasteiger partial charge in [0.2, 0.25) is 0 Å². The summed E-state index contributed by atoms with van der Waals surface area (Å²) < 4.78 is 1.79. The zero-order valence-corrected chi connectivity index (χ0v) is 13.4. The molecule has 5 rings (SSSR count). The lowest BCUT2D eigenvalue weighted by Gasteiger charge is -2.07. The largest absolute Gasteiger partial charge is 0.193 e. The topological polar surface area (TPSA) is 43.6 Å². The van der Waals surface area contributed by atoms with Crippen molar-refractivity contribution in [2.45, 2.75) is 0 Å². The summed E-state index contributed by atoms with van der Waals surface area (Å²) in [7, 11) is 0. The Balaban J connectivity index is 1.67. The number of hydrogen-bond donors (Lipinski definition) is 0. The summed E-state index contributed by atoms with van der Waals surface area (Å²) in [4.78, 5) is 0. The van der Waals surface area contributed by atoms with Crippen LogP contribution >= 0.6 is 0 Å². The highest BCUT2D eigenvalue weighted by atomic mass is 15.5. The summed E-state index contributed by atoms with van der Waals surface area (Å²) in [6.07, 6.45) is 0. The molecule has 0 atom stereocenters. The second kappa shape index (κ2) is 5.53. The third-order valence-corrected chi connectivity index (χ3v) is 4.45. The third-order valence-electron chi connectivity index (χ3n) is 4.45. The van der Waals surface area contributed by atoms with Crippen LogP contribution in [0.1, 0.15) is 0 Å². The highest BCUT2D eigenvalue weighted by Crippen LogP contribution is 2.25. The molecule has 0 bridgehead atoms. The average Bonchev–Trinajstić information content (AvgIpc) is 3.17. The van der Waals surface area contributed by atoms with Crippen molar-refractivity contribution in [3.63, 3.8) is 0 Å². The molecule has 1 heterocycles. The Morgan fingerprint density at radius 3 is 2.00 bits per heavy atom. The van der Waals surface area contributed by atoms with Crippen LogP contribution in [0.4, 0.5) is 0 Å². The Morgan fingerprint density at radius 2 is 1.24 bits per heavy atom. The average molecular weight is 322 g/mol. The van der Waals surface area contributed by atoms with Gasteiger partial charge in [-0.2, -0.15) is 4.68 Å². The Bertz CT molecular complexity index is 1110. The number of benzene rings is 4. The van der Waals surface area contributed by atoms with E-state index in [2.05, 4.69) is 70.1 Å². The first-order valence-corrected chi connectivity index (χ1v) is 8.15. The predicted octanol–water partition coefficient (Wildman–Crippen LogP) is 4.64. The molecule has 0 amide bonds. The molecule has 0 aliphatic heterocycles. The van der Waals surface area contributed by atoms with E-state index in [9.17, 15) is 0 Å². The Morgan fingerprint density at radius 1 is 0.600 bits per heavy atom. The molecule has 1 aromatic heterocycles. The summed E-state index contributed by atoms with van der Waals surface area (Å²) in [5.41, 5.74) is 1.95. The van der Waals surface area contributed by atoms with Gasteiger partial charge >= 0.3 is 0 Å². The fourth-order valence-corrected chi connectivity index (χ4v) is 3.18. The molecule has 4 aromatic carbocycles. The van der Waals surface area contributed by atoms with Crippen LogP contribution in [-0.4, -0.2) is 20.2 Å². The van der Waals surface area contributed by atoms with Gasteiger partial charge in [-0.3, -0.25) is 0 Å². The first-order valence-electron chi connectivity index (χ1n) is 8.15. The van der Waals surface area contributed by atoms with Crippen molar-refractivity contribution in [3.8, 4) is 17.1 Å². The molecule has 118 valence electrons. The minimum Gasteiger partial charge on any atom is -0.193 e. The molecule has 0 fully saturated rings. The SMILES string of the molecule is c1ccc2cc(-c3nnnn3-c3ccc4ccccc4c3)ccc2c1. The van der Waals surface area contributed by atoms with Crippen molar-refractivity contribution in [1.82, 2.24) is 20.2 Å². The molecule has 4 nitrogen and oxygen atoms in total. The van der Waals surface area contributed by atoms with Crippen LogP contribution in [-0.2, 0) is 0 Å². The molecule has 4 heteroatoms. The van der Waals surface area contributed by atoms with Crippen molar-refractivity contribution in [3.05, 3.63) is 84.9 Å². The summed E-state index contributed by atoms with van der Waals surface area (Å²) in [6, 6.07) is 29.1. The predicted molar refractivity (Wildman–Crippen MR) is 99.6 cm³/mol. The first kappa shape index (κ1) is 13.9. The van der Waals surface area contributed by atoms with E-state index in [1.54, 1.807) is 4.68 Å². The zero-order chi connectivity index (χ0) is 16.6. The maximum Gasteiger partial charge on any atom is 0.187 e. The molecule has 0 aliphatic carbocycles. The zero-order valence-electron chi connectivity index (χ0n) is 13.4. The van der Waals surface area contributed by atoms with Gasteiger partial charge in [0.25, 0.3) is 0 Å². The van der Waals surface area contributed by atoms with Gasteiger partial charge in [0.05, 0.1) is 5.69 Å². The summed E-state index contributed by atoms with van der Waals surface area (Å²) in [6.45, 7) is 0. The molecular weight excluding hydrogens is 308 g/mol. The minimum absolute atomic E-state index is 0.737. The number of rotatable bonds is 2. The van der Waals surface area contributed by atoms with Crippen LogP contribution in [0.3, 0.4) is 0 Å². The standard InChI is InChI=1S/C21H14N4/c1-3-7-17-13-19(10-9-15(17)5-1)21-22-23-24-25(21)20-12-11-16-6-2-4-8-18(16)14-20/h1-14H. The summed E-state index contributed by atoms with van der Waals surface area (Å²) >= 11 is 0. The van der Waals surface area contributed by atoms with E-state index >= 15 is 0 Å². The molecule has 0 spiro atoms. The normalized spacial score (nSPS) is 11.2. The van der Waals surface area contributed by atoms with Crippen molar-refractivity contribution < 1.29 is 0 Å². The smallest absolute Gasteiger partial charge is 0.187 e. The highest BCUT2D eigenvalue weighted by Gasteiger charge is 2.11. The van der Waals surface area contributed by atoms with Gasteiger partial charge in [-0.05, 0) is 50.2 Å². The van der Waals surface area contributed by atoms with Crippen LogP contribution in [0.15, 0.2) is 84.9 Å². The summed E-state index contributed by atoms with van der Waals surface area (Å²) in [5.74, 6) is 0.737. The van der Waals surface area contributed by atoms with Crippen LogP contribution in [0, 0.1) is 0 Å². The van der Waals surface area contributed by atoms with Gasteiger partial charge in [-0.1, -0.05) is 66.7 Å². The number of fused-ring (bicyclic) bond motifs is 2. The van der Waals surface area contributed by atoms with Crippen LogP contribution in [0.25, 0.3) is 38.6 Å². The Kier molecular flexibility index (Phi) is 3.07.